The highest BCUT2D eigenvalue weighted by molar-refractivity contribution is 6.04. The van der Waals surface area contributed by atoms with Crippen molar-refractivity contribution < 1.29 is 18.7 Å². The molecule has 0 aliphatic heterocycles. The Balaban J connectivity index is 1.92. The number of nitrogens with one attached hydrogen (secondary N) is 1. The van der Waals surface area contributed by atoms with Crippen LogP contribution < -0.4 is 5.32 Å². The number of benzene rings is 1. The average molecular weight is 294 g/mol. The van der Waals surface area contributed by atoms with Crippen LogP contribution in [-0.2, 0) is 9.47 Å². The quantitative estimate of drug-likeness (QED) is 0.497. The van der Waals surface area contributed by atoms with E-state index in [0.717, 1.165) is 12.8 Å². The normalized spacial score (nSPS) is 14.9. The largest absolute Gasteiger partial charge is 0.463 e. The molecule has 1 aromatic rings. The fourth-order valence-electron chi connectivity index (χ4n) is 1.62. The number of carbonyl (C=O) groups is 1. The first kappa shape index (κ1) is 15.4. The van der Waals surface area contributed by atoms with E-state index in [1.807, 2.05) is 6.92 Å². The second-order valence-corrected chi connectivity index (χ2v) is 4.68. The van der Waals surface area contributed by atoms with E-state index >= 15 is 0 Å². The summed E-state index contributed by atoms with van der Waals surface area (Å²) in [5.41, 5.74) is 0.229. The third-order valence-electron chi connectivity index (χ3n) is 2.82. The van der Waals surface area contributed by atoms with Crippen LogP contribution in [0, 0.1) is 5.82 Å². The van der Waals surface area contributed by atoms with E-state index in [2.05, 4.69) is 10.3 Å². The average Bonchev–Trinajstić information content (AvgIpc) is 3.27. The van der Waals surface area contributed by atoms with E-state index in [1.54, 1.807) is 0 Å². The summed E-state index contributed by atoms with van der Waals surface area (Å²) in [5, 5.41) is 2.58. The maximum atomic E-state index is 13.1. The monoisotopic (exact) mass is 294 g/mol. The molecule has 1 N–H and O–H groups in total. The summed E-state index contributed by atoms with van der Waals surface area (Å²) in [7, 11) is 0. The number of hydrogen-bond acceptors (Lipinski definition) is 4. The van der Waals surface area contributed by atoms with E-state index in [9.17, 15) is 9.18 Å². The first-order valence-electron chi connectivity index (χ1n) is 7.04. The molecule has 0 aromatic heterocycles. The van der Waals surface area contributed by atoms with Crippen molar-refractivity contribution in [3.63, 3.8) is 0 Å². The number of amidine groups is 1. The first-order valence-corrected chi connectivity index (χ1v) is 7.04. The van der Waals surface area contributed by atoms with Crippen molar-refractivity contribution in [3.8, 4) is 0 Å². The van der Waals surface area contributed by atoms with Crippen molar-refractivity contribution in [3.05, 3.63) is 35.6 Å². The number of halogens is 1. The highest BCUT2D eigenvalue weighted by Crippen LogP contribution is 2.23. The van der Waals surface area contributed by atoms with Crippen molar-refractivity contribution in [1.29, 1.82) is 0 Å². The smallest absolute Gasteiger partial charge is 0.292 e. The molecule has 0 spiro atoms. The van der Waals surface area contributed by atoms with E-state index in [-0.39, 0.29) is 17.6 Å². The number of ether oxygens (including phenoxy) is 2. The Morgan fingerprint density at radius 1 is 1.43 bits per heavy atom. The van der Waals surface area contributed by atoms with Gasteiger partial charge in [-0.1, -0.05) is 6.07 Å². The molecule has 0 unspecified atom stereocenters. The van der Waals surface area contributed by atoms with Crippen LogP contribution in [0.5, 0.6) is 0 Å². The Morgan fingerprint density at radius 2 is 2.24 bits per heavy atom. The zero-order valence-corrected chi connectivity index (χ0v) is 12.0. The fourth-order valence-corrected chi connectivity index (χ4v) is 1.62. The lowest BCUT2D eigenvalue weighted by Gasteiger charge is -2.10. The van der Waals surface area contributed by atoms with Gasteiger partial charge in [-0.05, 0) is 38.0 Å². The fraction of sp³-hybridized carbons (Fsp3) is 0.467. The molecule has 5 nitrogen and oxygen atoms in total. The molecule has 114 valence electrons. The molecule has 0 saturated heterocycles. The molecule has 1 aliphatic carbocycles. The Kier molecular flexibility index (Phi) is 5.68. The molecular formula is C15H19FN2O3. The first-order chi connectivity index (χ1) is 10.2. The SMILES string of the molecule is CCOCCOC(=NC1CC1)NC(=O)c1cccc(F)c1. The third kappa shape index (κ3) is 5.51. The Labute approximate surface area is 123 Å². The van der Waals surface area contributed by atoms with Gasteiger partial charge in [-0.15, -0.1) is 0 Å². The van der Waals surface area contributed by atoms with Crippen LogP contribution in [-0.4, -0.2) is 37.8 Å². The lowest BCUT2D eigenvalue weighted by Crippen LogP contribution is -2.33. The maximum Gasteiger partial charge on any atom is 0.292 e. The van der Waals surface area contributed by atoms with Crippen LogP contribution in [0.3, 0.4) is 0 Å². The number of hydrogen-bond donors (Lipinski definition) is 1. The molecule has 2 rings (SSSR count). The summed E-state index contributed by atoms with van der Waals surface area (Å²) >= 11 is 0. The molecule has 1 aliphatic rings. The van der Waals surface area contributed by atoms with Gasteiger partial charge < -0.3 is 9.47 Å². The van der Waals surface area contributed by atoms with E-state index in [1.165, 1.54) is 24.3 Å². The van der Waals surface area contributed by atoms with Gasteiger partial charge >= 0.3 is 0 Å². The van der Waals surface area contributed by atoms with Gasteiger partial charge in [-0.2, -0.15) is 0 Å². The molecule has 1 aromatic carbocycles. The zero-order chi connectivity index (χ0) is 15.1. The lowest BCUT2D eigenvalue weighted by molar-refractivity contribution is 0.0921. The molecule has 1 amide bonds. The topological polar surface area (TPSA) is 59.9 Å². The van der Waals surface area contributed by atoms with Gasteiger partial charge in [0.2, 0.25) is 0 Å². The standard InChI is InChI=1S/C15H19FN2O3/c1-2-20-8-9-21-15(17-13-6-7-13)18-14(19)11-4-3-5-12(16)10-11/h3-5,10,13H,2,6-9H2,1H3,(H,17,18,19). The summed E-state index contributed by atoms with van der Waals surface area (Å²) in [6, 6.07) is 5.86. The predicted octanol–water partition coefficient (Wildman–Crippen LogP) is 2.13. The van der Waals surface area contributed by atoms with Crippen molar-refractivity contribution in [2.24, 2.45) is 4.99 Å². The van der Waals surface area contributed by atoms with E-state index < -0.39 is 11.7 Å². The summed E-state index contributed by atoms with van der Waals surface area (Å²) in [5.74, 6) is -0.897. The van der Waals surface area contributed by atoms with Crippen molar-refractivity contribution in [2.45, 2.75) is 25.8 Å². The van der Waals surface area contributed by atoms with Crippen molar-refractivity contribution in [2.75, 3.05) is 19.8 Å². The molecule has 1 saturated carbocycles. The van der Waals surface area contributed by atoms with Gasteiger partial charge in [-0.3, -0.25) is 10.1 Å². The number of rotatable bonds is 6. The third-order valence-corrected chi connectivity index (χ3v) is 2.82. The molecule has 0 atom stereocenters. The number of aliphatic imine (C=N–C) groups is 1. The second-order valence-electron chi connectivity index (χ2n) is 4.68. The van der Waals surface area contributed by atoms with Crippen LogP contribution in [0.4, 0.5) is 4.39 Å². The van der Waals surface area contributed by atoms with Crippen molar-refractivity contribution >= 4 is 11.9 Å². The predicted molar refractivity (Wildman–Crippen MR) is 76.8 cm³/mol. The maximum absolute atomic E-state index is 13.1. The van der Waals surface area contributed by atoms with Crippen LogP contribution >= 0.6 is 0 Å². The lowest BCUT2D eigenvalue weighted by atomic mass is 10.2. The molecule has 21 heavy (non-hydrogen) atoms. The molecule has 6 heteroatoms. The summed E-state index contributed by atoms with van der Waals surface area (Å²) < 4.78 is 23.7. The Bertz CT molecular complexity index is 515. The summed E-state index contributed by atoms with van der Waals surface area (Å²) in [6.07, 6.45) is 1.99. The van der Waals surface area contributed by atoms with Gasteiger partial charge in [-0.25, -0.2) is 9.38 Å². The number of amides is 1. The van der Waals surface area contributed by atoms with Gasteiger partial charge in [0.25, 0.3) is 11.9 Å². The van der Waals surface area contributed by atoms with Crippen molar-refractivity contribution in [1.82, 2.24) is 5.32 Å². The molecular weight excluding hydrogens is 275 g/mol. The van der Waals surface area contributed by atoms with E-state index in [0.29, 0.717) is 19.8 Å². The summed E-state index contributed by atoms with van der Waals surface area (Å²) in [6.45, 7) is 3.23. The minimum absolute atomic E-state index is 0.173. The van der Waals surface area contributed by atoms with Crippen LogP contribution in [0.1, 0.15) is 30.1 Å². The number of nitrogens with zero attached hydrogens (tertiary/aromatic N) is 1. The minimum Gasteiger partial charge on any atom is -0.463 e. The second kappa shape index (κ2) is 7.73. The molecule has 1 fully saturated rings. The van der Waals surface area contributed by atoms with Crippen LogP contribution in [0.25, 0.3) is 0 Å². The zero-order valence-electron chi connectivity index (χ0n) is 12.0. The van der Waals surface area contributed by atoms with E-state index in [4.69, 9.17) is 9.47 Å². The van der Waals surface area contributed by atoms with Crippen LogP contribution in [0.2, 0.25) is 0 Å². The minimum atomic E-state index is -0.458. The Morgan fingerprint density at radius 3 is 2.90 bits per heavy atom. The number of carbonyl (C=O) groups excluding carboxylic acids is 1. The molecule has 0 heterocycles. The Hall–Kier alpha value is -1.95. The molecule has 0 bridgehead atoms. The van der Waals surface area contributed by atoms with Gasteiger partial charge in [0.05, 0.1) is 12.6 Å². The molecule has 0 radical (unpaired) electrons. The van der Waals surface area contributed by atoms with Gasteiger partial charge in [0, 0.05) is 12.2 Å². The summed E-state index contributed by atoms with van der Waals surface area (Å²) in [4.78, 5) is 16.3. The van der Waals surface area contributed by atoms with Gasteiger partial charge in [0.15, 0.2) is 0 Å². The highest BCUT2D eigenvalue weighted by atomic mass is 19.1. The van der Waals surface area contributed by atoms with Gasteiger partial charge in [0.1, 0.15) is 12.4 Å². The highest BCUT2D eigenvalue weighted by Gasteiger charge is 2.22. The van der Waals surface area contributed by atoms with Crippen LogP contribution in [0.15, 0.2) is 29.3 Å².